The SMILES string of the molecule is C[C@@H]1CN([C@H](C)CO)C(=O)c2cc(NC(=O)c3ccccc3)ccc2O[C@@H](C)CCCCO[C@@H]1CN(C)S(C)(=O)=O. The Hall–Kier alpha value is -2.99. The number of aliphatic hydroxyl groups excluding tert-OH is 1. The van der Waals surface area contributed by atoms with Gasteiger partial charge in [0.05, 0.1) is 36.7 Å². The van der Waals surface area contributed by atoms with Crippen LogP contribution in [-0.2, 0) is 14.8 Å². The van der Waals surface area contributed by atoms with Crippen LogP contribution in [0.15, 0.2) is 48.5 Å². The van der Waals surface area contributed by atoms with Crippen LogP contribution < -0.4 is 10.1 Å². The number of hydrogen-bond acceptors (Lipinski definition) is 7. The molecule has 0 aliphatic carbocycles. The van der Waals surface area contributed by atoms with Gasteiger partial charge in [0.1, 0.15) is 5.75 Å². The number of aliphatic hydroxyl groups is 1. The third-order valence-electron chi connectivity index (χ3n) is 7.35. The van der Waals surface area contributed by atoms with Crippen molar-refractivity contribution in [1.29, 1.82) is 0 Å². The first kappa shape index (κ1) is 32.5. The van der Waals surface area contributed by atoms with E-state index in [4.69, 9.17) is 9.47 Å². The molecular weight excluding hydrogens is 546 g/mol. The zero-order valence-corrected chi connectivity index (χ0v) is 25.4. The number of anilines is 1. The highest BCUT2D eigenvalue weighted by Gasteiger charge is 2.31. The monoisotopic (exact) mass is 589 g/mol. The maximum absolute atomic E-state index is 14.1. The third kappa shape index (κ3) is 9.26. The van der Waals surface area contributed by atoms with E-state index < -0.39 is 22.2 Å². The van der Waals surface area contributed by atoms with Crippen LogP contribution in [0.25, 0.3) is 0 Å². The highest BCUT2D eigenvalue weighted by Crippen LogP contribution is 2.29. The average molecular weight is 590 g/mol. The van der Waals surface area contributed by atoms with Gasteiger partial charge in [-0.25, -0.2) is 12.7 Å². The molecule has 2 amide bonds. The molecule has 226 valence electrons. The molecule has 2 aromatic carbocycles. The summed E-state index contributed by atoms with van der Waals surface area (Å²) in [5, 5.41) is 12.9. The maximum atomic E-state index is 14.1. The molecule has 4 atom stereocenters. The standard InChI is InChI=1S/C30H43N3O7S/c1-21-18-33(22(2)20-34)30(36)26-17-25(31-29(35)24-12-7-6-8-13-24)14-15-27(26)40-23(3)11-9-10-16-39-28(21)19-32(4)41(5,37)38/h6-8,12-15,17,21-23,28,34H,9-11,16,18-20H2,1-5H3,(H,31,35)/t21-,22-,23+,28-/m1/s1. The Bertz CT molecular complexity index is 1270. The smallest absolute Gasteiger partial charge is 0.258 e. The van der Waals surface area contributed by atoms with Crippen molar-refractivity contribution in [2.45, 2.75) is 58.3 Å². The number of fused-ring (bicyclic) bond motifs is 1. The maximum Gasteiger partial charge on any atom is 0.258 e. The molecule has 41 heavy (non-hydrogen) atoms. The van der Waals surface area contributed by atoms with E-state index in [1.54, 1.807) is 54.3 Å². The molecule has 10 nitrogen and oxygen atoms in total. The van der Waals surface area contributed by atoms with E-state index in [1.807, 2.05) is 19.9 Å². The zero-order chi connectivity index (χ0) is 30.2. The fourth-order valence-corrected chi connectivity index (χ4v) is 5.06. The summed E-state index contributed by atoms with van der Waals surface area (Å²) in [6.07, 6.45) is 2.81. The van der Waals surface area contributed by atoms with Crippen molar-refractivity contribution >= 4 is 27.5 Å². The molecular formula is C30H43N3O7S. The molecule has 2 aromatic rings. The molecule has 1 aliphatic heterocycles. The Labute approximate surface area is 243 Å². The predicted molar refractivity (Wildman–Crippen MR) is 159 cm³/mol. The second-order valence-corrected chi connectivity index (χ2v) is 13.0. The van der Waals surface area contributed by atoms with Crippen LogP contribution in [-0.4, -0.2) is 92.4 Å². The molecule has 3 rings (SSSR count). The Balaban J connectivity index is 1.99. The van der Waals surface area contributed by atoms with Crippen LogP contribution in [0.4, 0.5) is 5.69 Å². The minimum Gasteiger partial charge on any atom is -0.490 e. The van der Waals surface area contributed by atoms with Crippen molar-refractivity contribution in [3.05, 3.63) is 59.7 Å². The first-order valence-electron chi connectivity index (χ1n) is 14.0. The Kier molecular flexibility index (Phi) is 11.7. The van der Waals surface area contributed by atoms with E-state index in [9.17, 15) is 23.1 Å². The Morgan fingerprint density at radius 1 is 1.17 bits per heavy atom. The van der Waals surface area contributed by atoms with Crippen LogP contribution >= 0.6 is 0 Å². The second-order valence-electron chi connectivity index (χ2n) is 10.9. The molecule has 0 bridgehead atoms. The fourth-order valence-electron chi connectivity index (χ4n) is 4.64. The van der Waals surface area contributed by atoms with Crippen molar-refractivity contribution < 1.29 is 32.6 Å². The minimum atomic E-state index is -3.43. The number of likely N-dealkylation sites (N-methyl/N-ethyl adjacent to an activating group) is 1. The molecule has 0 unspecified atom stereocenters. The van der Waals surface area contributed by atoms with Gasteiger partial charge in [-0.05, 0) is 63.4 Å². The lowest BCUT2D eigenvalue weighted by atomic mass is 10.0. The van der Waals surface area contributed by atoms with Crippen molar-refractivity contribution in [2.75, 3.05) is 44.9 Å². The normalized spacial score (nSPS) is 21.9. The van der Waals surface area contributed by atoms with E-state index >= 15 is 0 Å². The molecule has 1 aliphatic rings. The fraction of sp³-hybridized carbons (Fsp3) is 0.533. The molecule has 0 fully saturated rings. The number of hydrogen-bond donors (Lipinski definition) is 2. The van der Waals surface area contributed by atoms with Crippen LogP contribution in [0.3, 0.4) is 0 Å². The first-order valence-corrected chi connectivity index (χ1v) is 15.9. The van der Waals surface area contributed by atoms with Gasteiger partial charge in [-0.15, -0.1) is 0 Å². The van der Waals surface area contributed by atoms with Gasteiger partial charge in [0.15, 0.2) is 0 Å². The highest BCUT2D eigenvalue weighted by molar-refractivity contribution is 7.88. The van der Waals surface area contributed by atoms with Gasteiger partial charge in [0, 0.05) is 43.9 Å². The van der Waals surface area contributed by atoms with Gasteiger partial charge in [0.25, 0.3) is 11.8 Å². The Morgan fingerprint density at radius 2 is 1.88 bits per heavy atom. The summed E-state index contributed by atoms with van der Waals surface area (Å²) in [4.78, 5) is 28.5. The molecule has 0 radical (unpaired) electrons. The Morgan fingerprint density at radius 3 is 2.54 bits per heavy atom. The number of sulfonamides is 1. The van der Waals surface area contributed by atoms with Gasteiger partial charge in [-0.3, -0.25) is 9.59 Å². The predicted octanol–water partition coefficient (Wildman–Crippen LogP) is 3.63. The van der Waals surface area contributed by atoms with Gasteiger partial charge in [0.2, 0.25) is 10.0 Å². The summed E-state index contributed by atoms with van der Waals surface area (Å²) in [6.45, 7) is 6.11. The molecule has 0 aromatic heterocycles. The van der Waals surface area contributed by atoms with Crippen molar-refractivity contribution in [1.82, 2.24) is 9.21 Å². The van der Waals surface area contributed by atoms with E-state index in [2.05, 4.69) is 5.32 Å². The summed E-state index contributed by atoms with van der Waals surface area (Å²) in [5.41, 5.74) is 1.18. The van der Waals surface area contributed by atoms with Crippen LogP contribution in [0.1, 0.15) is 60.7 Å². The molecule has 0 saturated heterocycles. The number of ether oxygens (including phenoxy) is 2. The van der Waals surface area contributed by atoms with Crippen LogP contribution in [0.2, 0.25) is 0 Å². The van der Waals surface area contributed by atoms with Gasteiger partial charge < -0.3 is 24.8 Å². The average Bonchev–Trinajstić information content (AvgIpc) is 2.94. The summed E-state index contributed by atoms with van der Waals surface area (Å²) in [5.74, 6) is -0.546. The molecule has 1 heterocycles. The molecule has 2 N–H and O–H groups in total. The topological polar surface area (TPSA) is 125 Å². The van der Waals surface area contributed by atoms with Crippen LogP contribution in [0.5, 0.6) is 5.75 Å². The second kappa shape index (κ2) is 14.8. The number of carbonyl (C=O) groups excluding carboxylic acids is 2. The minimum absolute atomic E-state index is 0.140. The van der Waals surface area contributed by atoms with E-state index in [1.165, 1.54) is 11.4 Å². The summed E-state index contributed by atoms with van der Waals surface area (Å²) in [7, 11) is -1.92. The lowest BCUT2D eigenvalue weighted by molar-refractivity contribution is -0.00828. The number of nitrogens with one attached hydrogen (secondary N) is 1. The van der Waals surface area contributed by atoms with E-state index in [0.29, 0.717) is 23.6 Å². The molecule has 11 heteroatoms. The van der Waals surface area contributed by atoms with Gasteiger partial charge in [-0.1, -0.05) is 25.1 Å². The van der Waals surface area contributed by atoms with Crippen molar-refractivity contribution in [3.8, 4) is 5.75 Å². The number of carbonyl (C=O) groups is 2. The number of amides is 2. The van der Waals surface area contributed by atoms with Crippen molar-refractivity contribution in [2.24, 2.45) is 5.92 Å². The number of rotatable bonds is 7. The van der Waals surface area contributed by atoms with E-state index in [0.717, 1.165) is 25.5 Å². The summed E-state index contributed by atoms with van der Waals surface area (Å²) in [6, 6.07) is 13.2. The zero-order valence-electron chi connectivity index (χ0n) is 24.6. The summed E-state index contributed by atoms with van der Waals surface area (Å²) < 4.78 is 37.9. The number of nitrogens with zero attached hydrogens (tertiary/aromatic N) is 2. The number of benzene rings is 2. The largest absolute Gasteiger partial charge is 0.490 e. The van der Waals surface area contributed by atoms with Gasteiger partial charge in [-0.2, -0.15) is 0 Å². The third-order valence-corrected chi connectivity index (χ3v) is 8.63. The lowest BCUT2D eigenvalue weighted by Crippen LogP contribution is -2.47. The first-order chi connectivity index (χ1) is 19.4. The van der Waals surface area contributed by atoms with Gasteiger partial charge >= 0.3 is 0 Å². The van der Waals surface area contributed by atoms with Crippen LogP contribution in [0, 0.1) is 5.92 Å². The van der Waals surface area contributed by atoms with Crippen molar-refractivity contribution in [3.63, 3.8) is 0 Å². The van der Waals surface area contributed by atoms with E-state index in [-0.39, 0.29) is 49.1 Å². The lowest BCUT2D eigenvalue weighted by Gasteiger charge is -2.35. The molecule has 0 spiro atoms. The molecule has 0 saturated carbocycles. The quantitative estimate of drug-likeness (QED) is 0.505. The highest BCUT2D eigenvalue weighted by atomic mass is 32.2. The summed E-state index contributed by atoms with van der Waals surface area (Å²) >= 11 is 0.